The van der Waals surface area contributed by atoms with E-state index in [9.17, 15) is 22.2 Å². The van der Waals surface area contributed by atoms with E-state index < -0.39 is 34.7 Å². The van der Waals surface area contributed by atoms with E-state index in [1.165, 1.54) is 6.92 Å². The van der Waals surface area contributed by atoms with Crippen molar-refractivity contribution in [3.63, 3.8) is 0 Å². The van der Waals surface area contributed by atoms with Crippen molar-refractivity contribution in [1.29, 1.82) is 0 Å². The van der Waals surface area contributed by atoms with E-state index in [1.54, 1.807) is 17.6 Å². The molecule has 23 heavy (non-hydrogen) atoms. The molecule has 2 aromatic rings. The molecule has 0 saturated heterocycles. The first kappa shape index (κ1) is 17.5. The number of amides is 1. The van der Waals surface area contributed by atoms with Gasteiger partial charge in [-0.3, -0.25) is 9.00 Å². The number of rotatable bonds is 5. The highest BCUT2D eigenvalue weighted by Crippen LogP contribution is 2.14. The first-order valence-electron chi connectivity index (χ1n) is 6.82. The molecule has 0 radical (unpaired) electrons. The molecule has 0 aliphatic rings. The van der Waals surface area contributed by atoms with E-state index >= 15 is 0 Å². The second-order valence-electron chi connectivity index (χ2n) is 5.13. The van der Waals surface area contributed by atoms with Crippen LogP contribution >= 0.6 is 0 Å². The zero-order valence-electron chi connectivity index (χ0n) is 12.6. The van der Waals surface area contributed by atoms with Gasteiger partial charge in [-0.15, -0.1) is 0 Å². The highest BCUT2D eigenvalue weighted by Gasteiger charge is 2.30. The lowest BCUT2D eigenvalue weighted by Crippen LogP contribution is -2.40. The maximum Gasteiger partial charge on any atom is 0.405 e. The van der Waals surface area contributed by atoms with Crippen LogP contribution in [0, 0.1) is 6.92 Å². The average molecular weight is 347 g/mol. The first-order valence-corrected chi connectivity index (χ1v) is 8.21. The van der Waals surface area contributed by atoms with Crippen molar-refractivity contribution in [3.05, 3.63) is 35.8 Å². The molecule has 0 aromatic carbocycles. The molecule has 0 fully saturated rings. The molecule has 126 valence electrons. The number of aryl methyl sites for hydroxylation is 1. The van der Waals surface area contributed by atoms with Gasteiger partial charge < -0.3 is 9.72 Å². The van der Waals surface area contributed by atoms with Crippen LogP contribution < -0.4 is 5.32 Å². The Morgan fingerprint density at radius 1 is 1.43 bits per heavy atom. The first-order chi connectivity index (χ1) is 10.7. The molecule has 1 amide bonds. The predicted octanol–water partition coefficient (Wildman–Crippen LogP) is 1.96. The van der Waals surface area contributed by atoms with Crippen molar-refractivity contribution in [3.8, 4) is 0 Å². The number of imidazole rings is 1. The van der Waals surface area contributed by atoms with E-state index in [0.717, 1.165) is 5.69 Å². The summed E-state index contributed by atoms with van der Waals surface area (Å²) in [6, 6.07) is 5.52. The number of alkyl halides is 3. The molecule has 2 aromatic heterocycles. The topological polar surface area (TPSA) is 63.5 Å². The van der Waals surface area contributed by atoms with Gasteiger partial charge in [-0.1, -0.05) is 6.07 Å². The van der Waals surface area contributed by atoms with Gasteiger partial charge in [-0.25, -0.2) is 4.98 Å². The minimum atomic E-state index is -4.49. The molecule has 0 bridgehead atoms. The van der Waals surface area contributed by atoms with Crippen LogP contribution in [0.25, 0.3) is 5.65 Å². The Hall–Kier alpha value is -1.90. The summed E-state index contributed by atoms with van der Waals surface area (Å²) in [6.45, 7) is 1.80. The van der Waals surface area contributed by atoms with Gasteiger partial charge in [-0.05, 0) is 26.0 Å². The van der Waals surface area contributed by atoms with Crippen molar-refractivity contribution in [2.24, 2.45) is 0 Å². The van der Waals surface area contributed by atoms with Crippen molar-refractivity contribution >= 4 is 22.4 Å². The van der Waals surface area contributed by atoms with Crippen LogP contribution in [-0.2, 0) is 21.3 Å². The smallest absolute Gasteiger partial charge is 0.346 e. The third-order valence-corrected chi connectivity index (χ3v) is 4.85. The monoisotopic (exact) mass is 347 g/mol. The van der Waals surface area contributed by atoms with Gasteiger partial charge in [0.25, 0.3) is 0 Å². The van der Waals surface area contributed by atoms with E-state index in [4.69, 9.17) is 0 Å². The molecule has 2 rings (SSSR count). The number of fused-ring (bicyclic) bond motifs is 1. The van der Waals surface area contributed by atoms with Crippen LogP contribution in [0.2, 0.25) is 0 Å². The molecule has 2 atom stereocenters. The van der Waals surface area contributed by atoms with Crippen LogP contribution in [0.4, 0.5) is 13.2 Å². The Morgan fingerprint density at radius 3 is 2.74 bits per heavy atom. The lowest BCUT2D eigenvalue weighted by atomic mass is 10.4. The minimum Gasteiger partial charge on any atom is -0.346 e. The summed E-state index contributed by atoms with van der Waals surface area (Å²) in [7, 11) is -1.66. The summed E-state index contributed by atoms with van der Waals surface area (Å²) in [5.74, 6) is -0.887. The maximum atomic E-state index is 12.2. The predicted molar refractivity (Wildman–Crippen MR) is 80.3 cm³/mol. The number of nitrogens with zero attached hydrogens (tertiary/aromatic N) is 2. The summed E-state index contributed by atoms with van der Waals surface area (Å²) in [4.78, 5) is 15.9. The van der Waals surface area contributed by atoms with Crippen LogP contribution in [0.5, 0.6) is 0 Å². The minimum absolute atomic E-state index is 0.00171. The molecule has 0 saturated carbocycles. The Balaban J connectivity index is 2.02. The summed E-state index contributed by atoms with van der Waals surface area (Å²) >= 11 is 0. The molecular weight excluding hydrogens is 331 g/mol. The number of hydrogen-bond donors (Lipinski definition) is 1. The maximum absolute atomic E-state index is 12.2. The van der Waals surface area contributed by atoms with Gasteiger partial charge in [0.15, 0.2) is 0 Å². The van der Waals surface area contributed by atoms with E-state index in [2.05, 4.69) is 4.98 Å². The number of hydrogen-bond acceptors (Lipinski definition) is 3. The van der Waals surface area contributed by atoms with Crippen LogP contribution in [0.15, 0.2) is 24.4 Å². The highest BCUT2D eigenvalue weighted by molar-refractivity contribution is 7.85. The Labute approximate surface area is 133 Å². The van der Waals surface area contributed by atoms with Gasteiger partial charge in [-0.2, -0.15) is 13.2 Å². The fourth-order valence-corrected chi connectivity index (χ4v) is 2.99. The second-order valence-corrected chi connectivity index (χ2v) is 6.89. The summed E-state index contributed by atoms with van der Waals surface area (Å²) in [6.07, 6.45) is -2.78. The van der Waals surface area contributed by atoms with Gasteiger partial charge in [0.05, 0.1) is 11.4 Å². The number of aromatic nitrogens is 2. The molecule has 0 aliphatic carbocycles. The van der Waals surface area contributed by atoms with Crippen molar-refractivity contribution in [2.45, 2.75) is 31.0 Å². The third-order valence-electron chi connectivity index (χ3n) is 3.26. The van der Waals surface area contributed by atoms with Gasteiger partial charge >= 0.3 is 6.18 Å². The number of pyridine rings is 1. The number of carbonyl (C=O) groups is 1. The standard InChI is InChI=1S/C14H16F3N3O2S/c1-9-4-3-5-12-19-11(6-20(9)12)7-23(22)10(2)13(21)18-8-14(15,16)17/h3-6,10H,7-8H2,1-2H3,(H,18,21)/t10-,23-/m1/s1. The molecule has 0 unspecified atom stereocenters. The quantitative estimate of drug-likeness (QED) is 0.899. The normalized spacial score (nSPS) is 14.7. The fourth-order valence-electron chi connectivity index (χ4n) is 1.99. The molecule has 0 spiro atoms. The number of carbonyl (C=O) groups excluding carboxylic acids is 1. The molecule has 5 nitrogen and oxygen atoms in total. The Kier molecular flexibility index (Phi) is 5.08. The molecular formula is C14H16F3N3O2S. The van der Waals surface area contributed by atoms with E-state index in [0.29, 0.717) is 11.3 Å². The van der Waals surface area contributed by atoms with E-state index in [1.807, 2.05) is 23.5 Å². The van der Waals surface area contributed by atoms with Crippen LogP contribution in [-0.4, -0.2) is 37.5 Å². The second kappa shape index (κ2) is 6.69. The molecule has 9 heteroatoms. The average Bonchev–Trinajstić information content (AvgIpc) is 2.87. The van der Waals surface area contributed by atoms with Crippen molar-refractivity contribution < 1.29 is 22.2 Å². The van der Waals surface area contributed by atoms with E-state index in [-0.39, 0.29) is 5.75 Å². The Morgan fingerprint density at radius 2 is 2.13 bits per heavy atom. The van der Waals surface area contributed by atoms with Gasteiger partial charge in [0.1, 0.15) is 17.4 Å². The van der Waals surface area contributed by atoms with Crippen molar-refractivity contribution in [1.82, 2.24) is 14.7 Å². The molecule has 2 heterocycles. The number of nitrogens with one attached hydrogen (secondary N) is 1. The third kappa shape index (κ3) is 4.54. The largest absolute Gasteiger partial charge is 0.405 e. The lowest BCUT2D eigenvalue weighted by molar-refractivity contribution is -0.137. The van der Waals surface area contributed by atoms with Gasteiger partial charge in [0, 0.05) is 22.7 Å². The molecule has 1 N–H and O–H groups in total. The SMILES string of the molecule is Cc1cccc2nc(C[S@@](=O)[C@H](C)C(=O)NCC(F)(F)F)cn12. The lowest BCUT2D eigenvalue weighted by Gasteiger charge is -2.12. The van der Waals surface area contributed by atoms with Crippen LogP contribution in [0.3, 0.4) is 0 Å². The van der Waals surface area contributed by atoms with Crippen molar-refractivity contribution in [2.75, 3.05) is 6.54 Å². The zero-order chi connectivity index (χ0) is 17.2. The van der Waals surface area contributed by atoms with Crippen LogP contribution in [0.1, 0.15) is 18.3 Å². The fraction of sp³-hybridized carbons (Fsp3) is 0.429. The highest BCUT2D eigenvalue weighted by atomic mass is 32.2. The Bertz CT molecular complexity index is 742. The summed E-state index contributed by atoms with van der Waals surface area (Å²) in [5.41, 5.74) is 2.15. The van der Waals surface area contributed by atoms with Gasteiger partial charge in [0.2, 0.25) is 5.91 Å². The molecule has 0 aliphatic heterocycles. The summed E-state index contributed by atoms with van der Waals surface area (Å²) < 4.78 is 50.2. The summed E-state index contributed by atoms with van der Waals surface area (Å²) in [5, 5.41) is 0.690. The zero-order valence-corrected chi connectivity index (χ0v) is 13.4. The number of halogens is 3.